The van der Waals surface area contributed by atoms with Crippen LogP contribution in [0.5, 0.6) is 0 Å². The molecule has 2 aliphatic rings. The van der Waals surface area contributed by atoms with E-state index in [1.807, 2.05) is 19.1 Å². The summed E-state index contributed by atoms with van der Waals surface area (Å²) < 4.78 is 0. The Morgan fingerprint density at radius 1 is 1.26 bits per heavy atom. The fraction of sp³-hybridized carbons (Fsp3) is 0.294. The van der Waals surface area contributed by atoms with Gasteiger partial charge in [-0.3, -0.25) is 4.79 Å². The van der Waals surface area contributed by atoms with Crippen LogP contribution in [0.1, 0.15) is 41.8 Å². The molecule has 2 heteroatoms. The van der Waals surface area contributed by atoms with Crippen LogP contribution in [0.4, 0.5) is 0 Å². The lowest BCUT2D eigenvalue weighted by molar-refractivity contribution is 0.0946. The second-order valence-electron chi connectivity index (χ2n) is 5.43. The Morgan fingerprint density at radius 2 is 2.00 bits per heavy atom. The molecule has 2 aliphatic carbocycles. The molecule has 0 radical (unpaired) electrons. The molecule has 0 fully saturated rings. The summed E-state index contributed by atoms with van der Waals surface area (Å²) in [5.41, 5.74) is 5.61. The van der Waals surface area contributed by atoms with Crippen molar-refractivity contribution in [3.05, 3.63) is 52.6 Å². The minimum absolute atomic E-state index is 0.102. The fourth-order valence-electron chi connectivity index (χ4n) is 2.91. The number of ketones is 1. The van der Waals surface area contributed by atoms with Crippen molar-refractivity contribution in [1.82, 2.24) is 0 Å². The topological polar surface area (TPSA) is 17.1 Å². The molecule has 0 amide bonds. The molecule has 0 bridgehead atoms. The predicted molar refractivity (Wildman–Crippen MR) is 82.6 cm³/mol. The molecular formula is C17H16OS. The standard InChI is InChI=1S/C17H16OS/c1-10-6-7-16(19)15(8-10)12-4-3-5-13-14(12)9-11(2)17(13)18/h3-6,8,11H,7,9H2,1-2H3. The first-order valence-corrected chi connectivity index (χ1v) is 7.07. The van der Waals surface area contributed by atoms with E-state index < -0.39 is 0 Å². The second-order valence-corrected chi connectivity index (χ2v) is 5.93. The van der Waals surface area contributed by atoms with Crippen LogP contribution in [0.3, 0.4) is 0 Å². The summed E-state index contributed by atoms with van der Waals surface area (Å²) in [4.78, 5) is 13.1. The number of carbonyl (C=O) groups excluding carboxylic acids is 1. The van der Waals surface area contributed by atoms with Gasteiger partial charge in [0.1, 0.15) is 0 Å². The van der Waals surface area contributed by atoms with Gasteiger partial charge in [0, 0.05) is 22.8 Å². The van der Waals surface area contributed by atoms with Gasteiger partial charge >= 0.3 is 0 Å². The van der Waals surface area contributed by atoms with Crippen LogP contribution >= 0.6 is 12.2 Å². The van der Waals surface area contributed by atoms with Crippen molar-refractivity contribution in [2.45, 2.75) is 26.7 Å². The molecule has 0 aliphatic heterocycles. The largest absolute Gasteiger partial charge is 0.294 e. The molecule has 0 N–H and O–H groups in total. The first-order valence-electron chi connectivity index (χ1n) is 6.66. The summed E-state index contributed by atoms with van der Waals surface area (Å²) in [5.74, 6) is 0.372. The highest BCUT2D eigenvalue weighted by Gasteiger charge is 2.30. The summed E-state index contributed by atoms with van der Waals surface area (Å²) >= 11 is 5.49. The number of hydrogen-bond acceptors (Lipinski definition) is 2. The first-order chi connectivity index (χ1) is 9.08. The molecule has 96 valence electrons. The third-order valence-corrected chi connectivity index (χ3v) is 4.36. The van der Waals surface area contributed by atoms with Gasteiger partial charge in [-0.05, 0) is 30.0 Å². The summed E-state index contributed by atoms with van der Waals surface area (Å²) in [6, 6.07) is 6.02. The van der Waals surface area contributed by atoms with E-state index >= 15 is 0 Å². The third kappa shape index (κ3) is 2.00. The molecule has 19 heavy (non-hydrogen) atoms. The molecular weight excluding hydrogens is 252 g/mol. The van der Waals surface area contributed by atoms with Crippen molar-refractivity contribution in [3.63, 3.8) is 0 Å². The Morgan fingerprint density at radius 3 is 2.79 bits per heavy atom. The highest BCUT2D eigenvalue weighted by atomic mass is 32.1. The van der Waals surface area contributed by atoms with Crippen molar-refractivity contribution >= 4 is 28.4 Å². The average Bonchev–Trinajstić information content (AvgIpc) is 2.69. The number of hydrogen-bond donors (Lipinski definition) is 0. The van der Waals surface area contributed by atoms with Crippen molar-refractivity contribution in [3.8, 4) is 0 Å². The molecule has 1 aromatic carbocycles. The molecule has 1 atom stereocenters. The van der Waals surface area contributed by atoms with Gasteiger partial charge in [0.25, 0.3) is 0 Å². The number of benzene rings is 1. The lowest BCUT2D eigenvalue weighted by Gasteiger charge is -2.16. The number of allylic oxidation sites excluding steroid dienone is 4. The predicted octanol–water partition coefficient (Wildman–Crippen LogP) is 4.16. The van der Waals surface area contributed by atoms with E-state index in [0.717, 1.165) is 34.4 Å². The Labute approximate surface area is 119 Å². The van der Waals surface area contributed by atoms with E-state index in [1.54, 1.807) is 0 Å². The second kappa shape index (κ2) is 4.53. The van der Waals surface area contributed by atoms with Crippen molar-refractivity contribution in [2.75, 3.05) is 0 Å². The zero-order valence-corrected chi connectivity index (χ0v) is 12.0. The van der Waals surface area contributed by atoms with Crippen molar-refractivity contribution < 1.29 is 4.79 Å². The maximum atomic E-state index is 12.1. The molecule has 0 saturated heterocycles. The fourth-order valence-corrected chi connectivity index (χ4v) is 3.17. The normalized spacial score (nSPS) is 22.1. The van der Waals surface area contributed by atoms with Gasteiger partial charge in [-0.1, -0.05) is 55.1 Å². The zero-order valence-electron chi connectivity index (χ0n) is 11.2. The molecule has 0 aromatic heterocycles. The molecule has 1 aromatic rings. The minimum atomic E-state index is 0.102. The Kier molecular flexibility index (Phi) is 2.98. The lowest BCUT2D eigenvalue weighted by atomic mass is 9.89. The highest BCUT2D eigenvalue weighted by Crippen LogP contribution is 2.35. The Bertz CT molecular complexity index is 649. The number of fused-ring (bicyclic) bond motifs is 1. The quantitative estimate of drug-likeness (QED) is 0.711. The monoisotopic (exact) mass is 268 g/mol. The van der Waals surface area contributed by atoms with Crippen molar-refractivity contribution in [1.29, 1.82) is 0 Å². The SMILES string of the molecule is CC1=CCC(=S)C(c2cccc3c2CC(C)C3=O)=C1. The Hall–Kier alpha value is -1.54. The van der Waals surface area contributed by atoms with E-state index in [4.69, 9.17) is 12.2 Å². The summed E-state index contributed by atoms with van der Waals surface area (Å²) in [5, 5.41) is 0. The first kappa shape index (κ1) is 12.5. The molecule has 0 saturated carbocycles. The molecule has 0 spiro atoms. The van der Waals surface area contributed by atoms with Crippen LogP contribution in [0.15, 0.2) is 35.9 Å². The van der Waals surface area contributed by atoms with Gasteiger partial charge in [0.2, 0.25) is 0 Å². The van der Waals surface area contributed by atoms with E-state index in [1.165, 1.54) is 11.1 Å². The van der Waals surface area contributed by atoms with Crippen LogP contribution in [-0.4, -0.2) is 10.6 Å². The van der Waals surface area contributed by atoms with Crippen LogP contribution in [0, 0.1) is 5.92 Å². The molecule has 3 rings (SSSR count). The number of rotatable bonds is 1. The third-order valence-electron chi connectivity index (χ3n) is 3.97. The van der Waals surface area contributed by atoms with E-state index in [9.17, 15) is 4.79 Å². The number of thiocarbonyl (C=S) groups is 1. The van der Waals surface area contributed by atoms with Crippen LogP contribution in [-0.2, 0) is 6.42 Å². The van der Waals surface area contributed by atoms with Gasteiger partial charge < -0.3 is 0 Å². The highest BCUT2D eigenvalue weighted by molar-refractivity contribution is 7.81. The number of carbonyl (C=O) groups is 1. The van der Waals surface area contributed by atoms with Crippen LogP contribution in [0.25, 0.3) is 5.57 Å². The summed E-state index contributed by atoms with van der Waals surface area (Å²) in [6.45, 7) is 4.10. The number of Topliss-reactive ketones (excluding diaryl/α,β-unsaturated/α-hetero) is 1. The van der Waals surface area contributed by atoms with E-state index in [-0.39, 0.29) is 11.7 Å². The lowest BCUT2D eigenvalue weighted by Crippen LogP contribution is -2.05. The van der Waals surface area contributed by atoms with Gasteiger partial charge in [0.05, 0.1) is 0 Å². The minimum Gasteiger partial charge on any atom is -0.294 e. The van der Waals surface area contributed by atoms with E-state index in [2.05, 4.69) is 25.1 Å². The maximum Gasteiger partial charge on any atom is 0.166 e. The van der Waals surface area contributed by atoms with Crippen LogP contribution in [0.2, 0.25) is 0 Å². The van der Waals surface area contributed by atoms with Gasteiger partial charge in [-0.2, -0.15) is 0 Å². The summed E-state index contributed by atoms with van der Waals surface area (Å²) in [6.07, 6.45) is 5.98. The van der Waals surface area contributed by atoms with Crippen molar-refractivity contribution in [2.24, 2.45) is 5.92 Å². The molecule has 1 nitrogen and oxygen atoms in total. The van der Waals surface area contributed by atoms with Crippen LogP contribution < -0.4 is 0 Å². The van der Waals surface area contributed by atoms with Gasteiger partial charge in [-0.25, -0.2) is 0 Å². The summed E-state index contributed by atoms with van der Waals surface area (Å²) in [7, 11) is 0. The van der Waals surface area contributed by atoms with E-state index in [0.29, 0.717) is 0 Å². The van der Waals surface area contributed by atoms with Gasteiger partial charge in [-0.15, -0.1) is 0 Å². The Balaban J connectivity index is 2.16. The average molecular weight is 268 g/mol. The zero-order chi connectivity index (χ0) is 13.6. The molecule has 1 unspecified atom stereocenters. The maximum absolute atomic E-state index is 12.1. The molecule has 0 heterocycles. The van der Waals surface area contributed by atoms with Gasteiger partial charge in [0.15, 0.2) is 5.78 Å². The smallest absolute Gasteiger partial charge is 0.166 e.